The van der Waals surface area contributed by atoms with E-state index in [0.29, 0.717) is 34.4 Å². The summed E-state index contributed by atoms with van der Waals surface area (Å²) in [6.45, 7) is 0. The Morgan fingerprint density at radius 2 is 1.52 bits per heavy atom. The van der Waals surface area contributed by atoms with Crippen molar-refractivity contribution in [2.24, 2.45) is 0 Å². The Hall–Kier alpha value is -3.35. The molecule has 0 bridgehead atoms. The largest absolute Gasteiger partial charge is 0.493 e. The average Bonchev–Trinajstić information content (AvgIpc) is 3.30. The molecule has 31 heavy (non-hydrogen) atoms. The quantitative estimate of drug-likeness (QED) is 0.585. The van der Waals surface area contributed by atoms with Crippen molar-refractivity contribution in [3.05, 3.63) is 42.0 Å². The first-order chi connectivity index (χ1) is 15.1. The summed E-state index contributed by atoms with van der Waals surface area (Å²) < 4.78 is 27.5. The van der Waals surface area contributed by atoms with E-state index in [1.807, 2.05) is 0 Å². The van der Waals surface area contributed by atoms with Crippen LogP contribution in [0, 0.1) is 0 Å². The van der Waals surface area contributed by atoms with Crippen LogP contribution in [0.4, 0.5) is 5.69 Å². The van der Waals surface area contributed by atoms with Gasteiger partial charge in [0.05, 0.1) is 34.5 Å². The summed E-state index contributed by atoms with van der Waals surface area (Å²) in [4.78, 5) is 12.5. The Kier molecular flexibility index (Phi) is 7.65. The molecule has 1 N–H and O–H groups in total. The Balaban J connectivity index is 1.72. The van der Waals surface area contributed by atoms with E-state index in [1.165, 1.54) is 18.9 Å². The maximum atomic E-state index is 12.5. The van der Waals surface area contributed by atoms with Crippen molar-refractivity contribution in [1.29, 1.82) is 0 Å². The maximum absolute atomic E-state index is 12.5. The van der Waals surface area contributed by atoms with Gasteiger partial charge in [0.2, 0.25) is 11.7 Å². The summed E-state index contributed by atoms with van der Waals surface area (Å²) in [7, 11) is 6.25. The highest BCUT2D eigenvalue weighted by molar-refractivity contribution is 6.02. The predicted octanol–water partition coefficient (Wildman–Crippen LogP) is 4.69. The Morgan fingerprint density at radius 1 is 0.871 bits per heavy atom. The Labute approximate surface area is 182 Å². The topological polar surface area (TPSA) is 75.3 Å². The van der Waals surface area contributed by atoms with Gasteiger partial charge in [0.1, 0.15) is 0 Å². The molecule has 0 unspecified atom stereocenters. The van der Waals surface area contributed by atoms with Crippen molar-refractivity contribution in [3.8, 4) is 28.7 Å². The molecule has 0 aromatic heterocycles. The predicted molar refractivity (Wildman–Crippen MR) is 120 cm³/mol. The fourth-order valence-electron chi connectivity index (χ4n) is 3.59. The molecule has 166 valence electrons. The van der Waals surface area contributed by atoms with Gasteiger partial charge in [0.25, 0.3) is 0 Å². The van der Waals surface area contributed by atoms with E-state index in [1.54, 1.807) is 64.8 Å². The lowest BCUT2D eigenvalue weighted by Crippen LogP contribution is -2.12. The number of ether oxygens (including phenoxy) is 5. The molecule has 1 amide bonds. The molecular weight excluding hydrogens is 398 g/mol. The second kappa shape index (κ2) is 10.6. The standard InChI is InChI=1S/C24H29NO6/c1-27-19-11-10-17(15-20(19)31-18-7-5-6-8-18)25-23(26)12-9-16-13-21(28-2)24(30-4)22(14-16)29-3/h9-15,18H,5-8H2,1-4H3,(H,25,26)/b12-9+. The van der Waals surface area contributed by atoms with Gasteiger partial charge in [0.15, 0.2) is 23.0 Å². The van der Waals surface area contributed by atoms with Crippen LogP contribution in [0.5, 0.6) is 28.7 Å². The van der Waals surface area contributed by atoms with Crippen LogP contribution in [0.15, 0.2) is 36.4 Å². The van der Waals surface area contributed by atoms with Crippen LogP contribution in [-0.2, 0) is 4.79 Å². The lowest BCUT2D eigenvalue weighted by molar-refractivity contribution is -0.111. The number of hydrogen-bond acceptors (Lipinski definition) is 6. The van der Waals surface area contributed by atoms with Gasteiger partial charge in [-0.05, 0) is 61.6 Å². The normalized spacial score (nSPS) is 13.8. The fraction of sp³-hybridized carbons (Fsp3) is 0.375. The monoisotopic (exact) mass is 427 g/mol. The van der Waals surface area contributed by atoms with Gasteiger partial charge in [-0.25, -0.2) is 0 Å². The maximum Gasteiger partial charge on any atom is 0.248 e. The molecule has 2 aromatic rings. The lowest BCUT2D eigenvalue weighted by Gasteiger charge is -2.17. The zero-order chi connectivity index (χ0) is 22.2. The highest BCUT2D eigenvalue weighted by Gasteiger charge is 2.19. The SMILES string of the molecule is COc1ccc(NC(=O)/C=C/c2cc(OC)c(OC)c(OC)c2)cc1OC1CCCC1. The molecule has 1 aliphatic rings. The first-order valence-corrected chi connectivity index (χ1v) is 10.2. The van der Waals surface area contributed by atoms with E-state index in [4.69, 9.17) is 23.7 Å². The number of anilines is 1. The van der Waals surface area contributed by atoms with Crippen LogP contribution in [0.3, 0.4) is 0 Å². The Bertz CT molecular complexity index is 909. The molecular formula is C24H29NO6. The van der Waals surface area contributed by atoms with Crippen molar-refractivity contribution in [3.63, 3.8) is 0 Å². The molecule has 7 heteroatoms. The molecule has 0 heterocycles. The summed E-state index contributed by atoms with van der Waals surface area (Å²) in [5, 5.41) is 2.86. The molecule has 0 aliphatic heterocycles. The number of methoxy groups -OCH3 is 4. The van der Waals surface area contributed by atoms with Crippen LogP contribution >= 0.6 is 0 Å². The summed E-state index contributed by atoms with van der Waals surface area (Å²) in [5.41, 5.74) is 1.37. The molecule has 7 nitrogen and oxygen atoms in total. The number of carbonyl (C=O) groups excluding carboxylic acids is 1. The molecule has 0 radical (unpaired) electrons. The molecule has 3 rings (SSSR count). The second-order valence-corrected chi connectivity index (χ2v) is 7.17. The van der Waals surface area contributed by atoms with Crippen molar-refractivity contribution in [1.82, 2.24) is 0 Å². The number of benzene rings is 2. The van der Waals surface area contributed by atoms with Gasteiger partial charge in [-0.1, -0.05) is 0 Å². The summed E-state index contributed by atoms with van der Waals surface area (Å²) in [6.07, 6.45) is 7.75. The number of nitrogens with one attached hydrogen (secondary N) is 1. The zero-order valence-corrected chi connectivity index (χ0v) is 18.4. The van der Waals surface area contributed by atoms with Crippen LogP contribution in [0.1, 0.15) is 31.2 Å². The van der Waals surface area contributed by atoms with Crippen LogP contribution in [-0.4, -0.2) is 40.5 Å². The van der Waals surface area contributed by atoms with Crippen molar-refractivity contribution >= 4 is 17.7 Å². The number of hydrogen-bond donors (Lipinski definition) is 1. The molecule has 0 atom stereocenters. The number of carbonyl (C=O) groups is 1. The molecule has 1 fully saturated rings. The minimum Gasteiger partial charge on any atom is -0.493 e. The molecule has 1 aliphatic carbocycles. The van der Waals surface area contributed by atoms with Crippen LogP contribution < -0.4 is 29.0 Å². The first kappa shape index (κ1) is 22.3. The van der Waals surface area contributed by atoms with Crippen molar-refractivity contribution in [2.45, 2.75) is 31.8 Å². The smallest absolute Gasteiger partial charge is 0.248 e. The van der Waals surface area contributed by atoms with Gasteiger partial charge in [-0.2, -0.15) is 0 Å². The third-order valence-corrected chi connectivity index (χ3v) is 5.14. The van der Waals surface area contributed by atoms with Gasteiger partial charge in [-0.3, -0.25) is 4.79 Å². The molecule has 1 saturated carbocycles. The third kappa shape index (κ3) is 5.63. The van der Waals surface area contributed by atoms with Crippen LogP contribution in [0.25, 0.3) is 6.08 Å². The second-order valence-electron chi connectivity index (χ2n) is 7.17. The summed E-state index contributed by atoms with van der Waals surface area (Å²) in [5.74, 6) is 2.56. The summed E-state index contributed by atoms with van der Waals surface area (Å²) in [6, 6.07) is 8.91. The number of amides is 1. The van der Waals surface area contributed by atoms with E-state index in [0.717, 1.165) is 18.4 Å². The highest BCUT2D eigenvalue weighted by atomic mass is 16.5. The van der Waals surface area contributed by atoms with E-state index >= 15 is 0 Å². The van der Waals surface area contributed by atoms with E-state index < -0.39 is 0 Å². The van der Waals surface area contributed by atoms with E-state index in [2.05, 4.69) is 5.32 Å². The Morgan fingerprint density at radius 3 is 2.10 bits per heavy atom. The fourth-order valence-corrected chi connectivity index (χ4v) is 3.59. The average molecular weight is 427 g/mol. The van der Waals surface area contributed by atoms with Gasteiger partial charge in [-0.15, -0.1) is 0 Å². The molecule has 0 spiro atoms. The zero-order valence-electron chi connectivity index (χ0n) is 18.4. The van der Waals surface area contributed by atoms with Crippen LogP contribution in [0.2, 0.25) is 0 Å². The van der Waals surface area contributed by atoms with Gasteiger partial charge >= 0.3 is 0 Å². The first-order valence-electron chi connectivity index (χ1n) is 10.2. The number of rotatable bonds is 9. The highest BCUT2D eigenvalue weighted by Crippen LogP contribution is 2.38. The third-order valence-electron chi connectivity index (χ3n) is 5.14. The lowest BCUT2D eigenvalue weighted by atomic mass is 10.1. The molecule has 0 saturated heterocycles. The van der Waals surface area contributed by atoms with E-state index in [-0.39, 0.29) is 12.0 Å². The van der Waals surface area contributed by atoms with Gasteiger partial charge < -0.3 is 29.0 Å². The van der Waals surface area contributed by atoms with Crippen molar-refractivity contribution in [2.75, 3.05) is 33.8 Å². The minimum atomic E-state index is -0.272. The van der Waals surface area contributed by atoms with Crippen molar-refractivity contribution < 1.29 is 28.5 Å². The molecule has 2 aromatic carbocycles. The van der Waals surface area contributed by atoms with E-state index in [9.17, 15) is 4.79 Å². The minimum absolute atomic E-state index is 0.194. The summed E-state index contributed by atoms with van der Waals surface area (Å²) >= 11 is 0. The van der Waals surface area contributed by atoms with Gasteiger partial charge in [0, 0.05) is 17.8 Å².